The first-order valence-corrected chi connectivity index (χ1v) is 6.23. The molecule has 1 aliphatic heterocycles. The van der Waals surface area contributed by atoms with Crippen molar-refractivity contribution in [2.24, 2.45) is 5.92 Å². The maximum atomic E-state index is 5.65. The first kappa shape index (κ1) is 13.2. The maximum absolute atomic E-state index is 5.65. The van der Waals surface area contributed by atoms with Crippen molar-refractivity contribution in [2.45, 2.75) is 26.0 Å². The van der Waals surface area contributed by atoms with Gasteiger partial charge < -0.3 is 9.47 Å². The van der Waals surface area contributed by atoms with Gasteiger partial charge in [0.1, 0.15) is 0 Å². The van der Waals surface area contributed by atoms with Crippen molar-refractivity contribution in [3.05, 3.63) is 18.0 Å². The zero-order valence-corrected chi connectivity index (χ0v) is 11.5. The van der Waals surface area contributed by atoms with Crippen molar-refractivity contribution in [1.29, 1.82) is 0 Å². The third kappa shape index (κ3) is 2.47. The Hall–Kier alpha value is -1.20. The topological polar surface area (TPSA) is 47.5 Å². The van der Waals surface area contributed by atoms with Gasteiger partial charge >= 0.3 is 6.01 Å². The highest BCUT2D eigenvalue weighted by Crippen LogP contribution is 2.32. The van der Waals surface area contributed by atoms with Crippen molar-refractivity contribution in [3.63, 3.8) is 0 Å². The second-order valence-electron chi connectivity index (χ2n) is 5.10. The predicted octanol–water partition coefficient (Wildman–Crippen LogP) is 1.34. The molecule has 0 bridgehead atoms. The van der Waals surface area contributed by atoms with Gasteiger partial charge in [0.2, 0.25) is 0 Å². The Morgan fingerprint density at radius 1 is 1.39 bits per heavy atom. The lowest BCUT2D eigenvalue weighted by Crippen LogP contribution is -2.65. The molecule has 0 amide bonds. The molecule has 1 fully saturated rings. The molecule has 1 saturated heterocycles. The van der Waals surface area contributed by atoms with Crippen molar-refractivity contribution >= 4 is 0 Å². The fraction of sp³-hybridized carbons (Fsp3) is 0.692. The Bertz CT molecular complexity index is 403. The van der Waals surface area contributed by atoms with Crippen LogP contribution >= 0.6 is 0 Å². The minimum atomic E-state index is 0.0110. The standard InChI is InChI=1S/C13H21N3O2/c1-10(2)13(18-4)8-16(9-13)7-11-5-6-14-12(15-11)17-3/h5-6,10H,7-9H2,1-4H3. The van der Waals surface area contributed by atoms with Gasteiger partial charge in [-0.3, -0.25) is 4.90 Å². The molecule has 0 radical (unpaired) electrons. The van der Waals surface area contributed by atoms with Gasteiger partial charge in [-0.15, -0.1) is 0 Å². The summed E-state index contributed by atoms with van der Waals surface area (Å²) in [6.45, 7) is 7.13. The fourth-order valence-electron chi connectivity index (χ4n) is 2.34. The first-order chi connectivity index (χ1) is 8.59. The highest BCUT2D eigenvalue weighted by molar-refractivity contribution is 5.08. The van der Waals surface area contributed by atoms with E-state index in [-0.39, 0.29) is 5.60 Å². The van der Waals surface area contributed by atoms with Crippen LogP contribution in [0.3, 0.4) is 0 Å². The van der Waals surface area contributed by atoms with E-state index in [0.29, 0.717) is 11.9 Å². The monoisotopic (exact) mass is 251 g/mol. The van der Waals surface area contributed by atoms with E-state index in [1.54, 1.807) is 20.4 Å². The average Bonchev–Trinajstić information content (AvgIpc) is 2.33. The number of methoxy groups -OCH3 is 2. The molecule has 1 aliphatic rings. The van der Waals surface area contributed by atoms with E-state index in [4.69, 9.17) is 9.47 Å². The van der Waals surface area contributed by atoms with E-state index in [1.165, 1.54) is 0 Å². The van der Waals surface area contributed by atoms with E-state index >= 15 is 0 Å². The third-order valence-corrected chi connectivity index (χ3v) is 3.70. The van der Waals surface area contributed by atoms with Crippen LogP contribution in [0.1, 0.15) is 19.5 Å². The van der Waals surface area contributed by atoms with E-state index in [1.807, 2.05) is 6.07 Å². The molecule has 2 rings (SSSR count). The molecular weight excluding hydrogens is 230 g/mol. The molecule has 5 heteroatoms. The number of aromatic nitrogens is 2. The maximum Gasteiger partial charge on any atom is 0.316 e. The molecule has 0 saturated carbocycles. The Kier molecular flexibility index (Phi) is 3.82. The third-order valence-electron chi connectivity index (χ3n) is 3.70. The van der Waals surface area contributed by atoms with Crippen LogP contribution in [0, 0.1) is 5.92 Å². The summed E-state index contributed by atoms with van der Waals surface area (Å²) in [6, 6.07) is 2.35. The van der Waals surface area contributed by atoms with Crippen molar-refractivity contribution in [2.75, 3.05) is 27.3 Å². The number of hydrogen-bond acceptors (Lipinski definition) is 5. The van der Waals surface area contributed by atoms with Gasteiger partial charge in [0, 0.05) is 32.9 Å². The van der Waals surface area contributed by atoms with Gasteiger partial charge in [0.25, 0.3) is 0 Å². The van der Waals surface area contributed by atoms with E-state index in [2.05, 4.69) is 28.7 Å². The van der Waals surface area contributed by atoms with Crippen LogP contribution in [-0.2, 0) is 11.3 Å². The van der Waals surface area contributed by atoms with Gasteiger partial charge in [-0.05, 0) is 12.0 Å². The summed E-state index contributed by atoms with van der Waals surface area (Å²) in [4.78, 5) is 10.6. The van der Waals surface area contributed by atoms with Gasteiger partial charge in [0.05, 0.1) is 18.4 Å². The van der Waals surface area contributed by atoms with Crippen LogP contribution in [0.4, 0.5) is 0 Å². The van der Waals surface area contributed by atoms with Crippen molar-refractivity contribution in [1.82, 2.24) is 14.9 Å². The second-order valence-corrected chi connectivity index (χ2v) is 5.10. The Labute approximate surface area is 108 Å². The largest absolute Gasteiger partial charge is 0.467 e. The number of likely N-dealkylation sites (tertiary alicyclic amines) is 1. The molecule has 0 aliphatic carbocycles. The van der Waals surface area contributed by atoms with Gasteiger partial charge in [0.15, 0.2) is 0 Å². The number of rotatable bonds is 5. The molecule has 0 spiro atoms. The average molecular weight is 251 g/mol. The number of hydrogen-bond donors (Lipinski definition) is 0. The Morgan fingerprint density at radius 3 is 2.67 bits per heavy atom. The number of nitrogens with zero attached hydrogens (tertiary/aromatic N) is 3. The van der Waals surface area contributed by atoms with Crippen molar-refractivity contribution < 1.29 is 9.47 Å². The van der Waals surface area contributed by atoms with E-state index in [9.17, 15) is 0 Å². The highest BCUT2D eigenvalue weighted by atomic mass is 16.5. The molecule has 0 aromatic carbocycles. The molecular formula is C13H21N3O2. The molecule has 1 aromatic rings. The summed E-state index contributed by atoms with van der Waals surface area (Å²) >= 11 is 0. The summed E-state index contributed by atoms with van der Waals surface area (Å²) in [6.07, 6.45) is 1.73. The number of ether oxygens (including phenoxy) is 2. The van der Waals surface area contributed by atoms with Gasteiger partial charge in [-0.25, -0.2) is 4.98 Å². The van der Waals surface area contributed by atoms with Crippen LogP contribution in [-0.4, -0.2) is 47.8 Å². The van der Waals surface area contributed by atoms with E-state index < -0.39 is 0 Å². The van der Waals surface area contributed by atoms with Crippen LogP contribution in [0.2, 0.25) is 0 Å². The summed E-state index contributed by atoms with van der Waals surface area (Å²) in [5, 5.41) is 0. The smallest absolute Gasteiger partial charge is 0.316 e. The molecule has 0 N–H and O–H groups in total. The zero-order chi connectivity index (χ0) is 13.2. The zero-order valence-electron chi connectivity index (χ0n) is 11.5. The van der Waals surface area contributed by atoms with Gasteiger partial charge in [-0.2, -0.15) is 4.98 Å². The first-order valence-electron chi connectivity index (χ1n) is 6.23. The van der Waals surface area contributed by atoms with Crippen LogP contribution in [0.15, 0.2) is 12.3 Å². The lowest BCUT2D eigenvalue weighted by molar-refractivity contribution is -0.154. The lowest BCUT2D eigenvalue weighted by atomic mass is 9.82. The molecule has 2 heterocycles. The lowest BCUT2D eigenvalue weighted by Gasteiger charge is -2.51. The highest BCUT2D eigenvalue weighted by Gasteiger charge is 2.45. The Morgan fingerprint density at radius 2 is 2.11 bits per heavy atom. The SMILES string of the molecule is COc1nccc(CN2CC(OC)(C(C)C)C2)n1. The van der Waals surface area contributed by atoms with Crippen molar-refractivity contribution in [3.8, 4) is 6.01 Å². The molecule has 18 heavy (non-hydrogen) atoms. The quantitative estimate of drug-likeness (QED) is 0.790. The summed E-state index contributed by atoms with van der Waals surface area (Å²) in [5.74, 6) is 0.527. The summed E-state index contributed by atoms with van der Waals surface area (Å²) in [7, 11) is 3.38. The molecule has 0 unspecified atom stereocenters. The predicted molar refractivity (Wildman–Crippen MR) is 68.4 cm³/mol. The summed E-state index contributed by atoms with van der Waals surface area (Å²) in [5.41, 5.74) is 0.993. The second kappa shape index (κ2) is 5.20. The van der Waals surface area contributed by atoms with Crippen LogP contribution in [0.25, 0.3) is 0 Å². The summed E-state index contributed by atoms with van der Waals surface area (Å²) < 4.78 is 10.7. The van der Waals surface area contributed by atoms with Crippen LogP contribution < -0.4 is 4.74 Å². The molecule has 5 nitrogen and oxygen atoms in total. The molecule has 0 atom stereocenters. The van der Waals surface area contributed by atoms with E-state index in [0.717, 1.165) is 25.3 Å². The minimum absolute atomic E-state index is 0.0110. The Balaban J connectivity index is 1.93. The molecule has 100 valence electrons. The normalized spacial score (nSPS) is 18.7. The van der Waals surface area contributed by atoms with Gasteiger partial charge in [-0.1, -0.05) is 13.8 Å². The fourth-order valence-corrected chi connectivity index (χ4v) is 2.34. The van der Waals surface area contributed by atoms with Crippen LogP contribution in [0.5, 0.6) is 6.01 Å². The minimum Gasteiger partial charge on any atom is -0.467 e. The molecule has 1 aromatic heterocycles.